The molecule has 8 heteroatoms. The summed E-state index contributed by atoms with van der Waals surface area (Å²) >= 11 is 0. The van der Waals surface area contributed by atoms with Crippen LogP contribution in [0.4, 0.5) is 14.5 Å². The first kappa shape index (κ1) is 16.3. The van der Waals surface area contributed by atoms with Gasteiger partial charge in [-0.05, 0) is 24.6 Å². The van der Waals surface area contributed by atoms with Gasteiger partial charge in [0.25, 0.3) is 11.8 Å². The highest BCUT2D eigenvalue weighted by Gasteiger charge is 2.54. The Bertz CT molecular complexity index is 929. The van der Waals surface area contributed by atoms with Gasteiger partial charge in [0.15, 0.2) is 23.7 Å². The Morgan fingerprint density at radius 1 is 1.00 bits per heavy atom. The SMILES string of the molecule is Cc1ccc(CN2N=NC3C(=O)N(c4ccc(F)c(F)c4)C(=O)C32)cc1. The van der Waals surface area contributed by atoms with Gasteiger partial charge < -0.3 is 0 Å². The molecular weight excluding hydrogens is 342 g/mol. The average molecular weight is 356 g/mol. The van der Waals surface area contributed by atoms with Gasteiger partial charge in [-0.3, -0.25) is 14.6 Å². The normalized spacial score (nSPS) is 21.7. The van der Waals surface area contributed by atoms with Crippen LogP contribution in [0, 0.1) is 18.6 Å². The first-order valence-corrected chi connectivity index (χ1v) is 8.01. The van der Waals surface area contributed by atoms with E-state index in [1.54, 1.807) is 0 Å². The van der Waals surface area contributed by atoms with E-state index in [4.69, 9.17) is 0 Å². The van der Waals surface area contributed by atoms with Gasteiger partial charge >= 0.3 is 0 Å². The molecule has 2 heterocycles. The first-order chi connectivity index (χ1) is 12.5. The highest BCUT2D eigenvalue weighted by Crippen LogP contribution is 2.33. The maximum atomic E-state index is 13.5. The fourth-order valence-corrected chi connectivity index (χ4v) is 3.11. The average Bonchev–Trinajstić information content (AvgIpc) is 3.13. The van der Waals surface area contributed by atoms with Crippen LogP contribution in [0.3, 0.4) is 0 Å². The van der Waals surface area contributed by atoms with Crippen molar-refractivity contribution in [1.82, 2.24) is 5.01 Å². The van der Waals surface area contributed by atoms with Crippen molar-refractivity contribution in [2.24, 2.45) is 10.3 Å². The van der Waals surface area contributed by atoms with Crippen molar-refractivity contribution in [3.05, 3.63) is 65.2 Å². The lowest BCUT2D eigenvalue weighted by molar-refractivity contribution is -0.123. The minimum absolute atomic E-state index is 0.0150. The van der Waals surface area contributed by atoms with Crippen LogP contribution in [0.15, 0.2) is 52.8 Å². The monoisotopic (exact) mass is 356 g/mol. The van der Waals surface area contributed by atoms with Gasteiger partial charge in [0.05, 0.1) is 12.2 Å². The van der Waals surface area contributed by atoms with Gasteiger partial charge in [-0.25, -0.2) is 13.7 Å². The molecule has 1 fully saturated rings. The maximum absolute atomic E-state index is 13.5. The number of anilines is 1. The Labute approximate surface area is 147 Å². The van der Waals surface area contributed by atoms with Crippen LogP contribution in [-0.4, -0.2) is 28.9 Å². The Hall–Kier alpha value is -3.16. The van der Waals surface area contributed by atoms with E-state index in [9.17, 15) is 18.4 Å². The predicted molar refractivity (Wildman–Crippen MR) is 88.0 cm³/mol. The molecule has 0 aliphatic carbocycles. The molecule has 2 aliphatic heterocycles. The molecule has 2 aromatic carbocycles. The predicted octanol–water partition coefficient (Wildman–Crippen LogP) is 2.77. The van der Waals surface area contributed by atoms with Crippen molar-refractivity contribution in [1.29, 1.82) is 0 Å². The van der Waals surface area contributed by atoms with Crippen LogP contribution in [0.5, 0.6) is 0 Å². The summed E-state index contributed by atoms with van der Waals surface area (Å²) in [5, 5.41) is 9.32. The number of halogens is 2. The van der Waals surface area contributed by atoms with Gasteiger partial charge in [-0.2, -0.15) is 5.11 Å². The lowest BCUT2D eigenvalue weighted by Gasteiger charge is -2.20. The van der Waals surface area contributed by atoms with Crippen LogP contribution >= 0.6 is 0 Å². The van der Waals surface area contributed by atoms with Gasteiger partial charge in [-0.15, -0.1) is 0 Å². The minimum atomic E-state index is -1.13. The second-order valence-electron chi connectivity index (χ2n) is 6.29. The fourth-order valence-electron chi connectivity index (χ4n) is 3.11. The largest absolute Gasteiger partial charge is 0.271 e. The minimum Gasteiger partial charge on any atom is -0.271 e. The zero-order valence-electron chi connectivity index (χ0n) is 13.8. The quantitative estimate of drug-likeness (QED) is 0.795. The molecule has 0 saturated carbocycles. The summed E-state index contributed by atoms with van der Waals surface area (Å²) in [4.78, 5) is 26.2. The molecule has 4 rings (SSSR count). The molecule has 2 unspecified atom stereocenters. The molecule has 0 bridgehead atoms. The van der Waals surface area contributed by atoms with Crippen molar-refractivity contribution < 1.29 is 18.4 Å². The molecule has 0 aromatic heterocycles. The second kappa shape index (κ2) is 5.98. The molecule has 2 aromatic rings. The van der Waals surface area contributed by atoms with E-state index in [0.717, 1.165) is 28.2 Å². The number of nitrogens with zero attached hydrogens (tertiary/aromatic N) is 4. The van der Waals surface area contributed by atoms with Crippen molar-refractivity contribution in [2.75, 3.05) is 4.90 Å². The number of fused-ring (bicyclic) bond motifs is 1. The van der Waals surface area contributed by atoms with Crippen molar-refractivity contribution in [3.63, 3.8) is 0 Å². The van der Waals surface area contributed by atoms with E-state index >= 15 is 0 Å². The Morgan fingerprint density at radius 2 is 1.73 bits per heavy atom. The number of imide groups is 1. The molecule has 2 atom stereocenters. The zero-order valence-corrected chi connectivity index (χ0v) is 13.8. The standard InChI is InChI=1S/C18H14F2N4O2/c1-10-2-4-11(5-3-10)9-23-16-15(21-22-23)17(25)24(18(16)26)12-6-7-13(19)14(20)8-12/h2-8,15-16H,9H2,1H3. The number of carbonyl (C=O) groups excluding carboxylic acids is 2. The highest BCUT2D eigenvalue weighted by molar-refractivity contribution is 6.25. The molecule has 2 amide bonds. The number of hydrogen-bond acceptors (Lipinski definition) is 5. The van der Waals surface area contributed by atoms with Crippen LogP contribution in [0.2, 0.25) is 0 Å². The summed E-state index contributed by atoms with van der Waals surface area (Å²) in [7, 11) is 0. The third-order valence-corrected chi connectivity index (χ3v) is 4.48. The summed E-state index contributed by atoms with van der Waals surface area (Å²) < 4.78 is 26.6. The summed E-state index contributed by atoms with van der Waals surface area (Å²) in [5.41, 5.74) is 2.01. The topological polar surface area (TPSA) is 65.3 Å². The second-order valence-corrected chi connectivity index (χ2v) is 6.29. The van der Waals surface area contributed by atoms with E-state index < -0.39 is 35.5 Å². The Balaban J connectivity index is 1.60. The molecule has 26 heavy (non-hydrogen) atoms. The maximum Gasteiger partial charge on any atom is 0.263 e. The lowest BCUT2D eigenvalue weighted by atomic mass is 10.1. The number of rotatable bonds is 3. The smallest absolute Gasteiger partial charge is 0.263 e. The summed E-state index contributed by atoms with van der Waals surface area (Å²) in [6, 6.07) is 8.75. The van der Waals surface area contributed by atoms with Crippen LogP contribution in [0.1, 0.15) is 11.1 Å². The van der Waals surface area contributed by atoms with E-state index in [-0.39, 0.29) is 5.69 Å². The molecule has 0 N–H and O–H groups in total. The molecular formula is C18H14F2N4O2. The third kappa shape index (κ3) is 2.54. The number of aryl methyl sites for hydroxylation is 1. The summed E-state index contributed by atoms with van der Waals surface area (Å²) in [6.45, 7) is 2.28. The fraction of sp³-hybridized carbons (Fsp3) is 0.222. The van der Waals surface area contributed by atoms with Crippen LogP contribution in [-0.2, 0) is 16.1 Å². The van der Waals surface area contributed by atoms with Gasteiger partial charge in [0.1, 0.15) is 0 Å². The zero-order chi connectivity index (χ0) is 18.4. The molecule has 6 nitrogen and oxygen atoms in total. The number of benzene rings is 2. The van der Waals surface area contributed by atoms with Gasteiger partial charge in [-0.1, -0.05) is 35.1 Å². The lowest BCUT2D eigenvalue weighted by Crippen LogP contribution is -2.39. The van der Waals surface area contributed by atoms with Gasteiger partial charge in [0.2, 0.25) is 0 Å². The van der Waals surface area contributed by atoms with E-state index in [1.807, 2.05) is 31.2 Å². The molecule has 132 valence electrons. The summed E-state index contributed by atoms with van der Waals surface area (Å²) in [5.74, 6) is -3.32. The Kier molecular flexibility index (Phi) is 3.75. The Morgan fingerprint density at radius 3 is 2.42 bits per heavy atom. The van der Waals surface area contributed by atoms with Crippen LogP contribution < -0.4 is 4.90 Å². The van der Waals surface area contributed by atoms with Crippen molar-refractivity contribution in [3.8, 4) is 0 Å². The van der Waals surface area contributed by atoms with Crippen molar-refractivity contribution >= 4 is 17.5 Å². The number of amides is 2. The third-order valence-electron chi connectivity index (χ3n) is 4.48. The number of hydrogen-bond donors (Lipinski definition) is 0. The van der Waals surface area contributed by atoms with E-state index in [2.05, 4.69) is 10.3 Å². The first-order valence-electron chi connectivity index (χ1n) is 8.01. The van der Waals surface area contributed by atoms with E-state index in [1.165, 1.54) is 11.1 Å². The van der Waals surface area contributed by atoms with Crippen molar-refractivity contribution in [2.45, 2.75) is 25.6 Å². The van der Waals surface area contributed by atoms with Crippen LogP contribution in [0.25, 0.3) is 0 Å². The molecule has 1 saturated heterocycles. The molecule has 0 spiro atoms. The summed E-state index contributed by atoms with van der Waals surface area (Å²) in [6.07, 6.45) is 0. The number of carbonyl (C=O) groups is 2. The molecule has 0 radical (unpaired) electrons. The molecule has 2 aliphatic rings. The van der Waals surface area contributed by atoms with E-state index in [0.29, 0.717) is 6.54 Å². The van der Waals surface area contributed by atoms with Gasteiger partial charge in [0, 0.05) is 6.07 Å². The highest BCUT2D eigenvalue weighted by atomic mass is 19.2.